The highest BCUT2D eigenvalue weighted by molar-refractivity contribution is 5.94. The highest BCUT2D eigenvalue weighted by Gasteiger charge is 2.18. The molecule has 2 aromatic carbocycles. The topological polar surface area (TPSA) is 68.5 Å². The number of benzene rings is 2. The summed E-state index contributed by atoms with van der Waals surface area (Å²) in [5, 5.41) is 4.01. The molecule has 3 aromatic rings. The van der Waals surface area contributed by atoms with Crippen LogP contribution in [0.3, 0.4) is 0 Å². The maximum atomic E-state index is 12.7. The Labute approximate surface area is 152 Å². The van der Waals surface area contributed by atoms with Crippen LogP contribution in [0, 0.1) is 6.92 Å². The second-order valence-corrected chi connectivity index (χ2v) is 5.93. The quantitative estimate of drug-likeness (QED) is 0.677. The van der Waals surface area contributed by atoms with Gasteiger partial charge in [-0.1, -0.05) is 22.9 Å². The van der Waals surface area contributed by atoms with Crippen LogP contribution in [0.15, 0.2) is 53.1 Å². The molecule has 0 aliphatic heterocycles. The van der Waals surface area contributed by atoms with E-state index in [0.717, 1.165) is 16.9 Å². The van der Waals surface area contributed by atoms with Gasteiger partial charge < -0.3 is 14.2 Å². The number of rotatable bonds is 6. The van der Waals surface area contributed by atoms with Gasteiger partial charge in [0.05, 0.1) is 7.11 Å². The van der Waals surface area contributed by atoms with Gasteiger partial charge in [0.2, 0.25) is 11.7 Å². The number of amides is 1. The van der Waals surface area contributed by atoms with Gasteiger partial charge in [-0.15, -0.1) is 0 Å². The van der Waals surface area contributed by atoms with Crippen molar-refractivity contribution in [2.75, 3.05) is 13.7 Å². The zero-order valence-electron chi connectivity index (χ0n) is 15.1. The van der Waals surface area contributed by atoms with E-state index >= 15 is 0 Å². The van der Waals surface area contributed by atoms with Crippen LogP contribution in [0.2, 0.25) is 0 Å². The largest absolute Gasteiger partial charge is 0.497 e. The lowest BCUT2D eigenvalue weighted by Gasteiger charge is -2.19. The van der Waals surface area contributed by atoms with Gasteiger partial charge in [-0.25, -0.2) is 0 Å². The first-order valence-electron chi connectivity index (χ1n) is 8.43. The summed E-state index contributed by atoms with van der Waals surface area (Å²) in [6.45, 7) is 4.71. The molecule has 6 nitrogen and oxygen atoms in total. The molecule has 0 fully saturated rings. The van der Waals surface area contributed by atoms with E-state index in [1.807, 2.05) is 62.4 Å². The summed E-state index contributed by atoms with van der Waals surface area (Å²) in [4.78, 5) is 18.8. The van der Waals surface area contributed by atoms with E-state index < -0.39 is 0 Å². The molecule has 134 valence electrons. The van der Waals surface area contributed by atoms with Crippen molar-refractivity contribution in [2.24, 2.45) is 0 Å². The molecule has 6 heteroatoms. The van der Waals surface area contributed by atoms with Crippen molar-refractivity contribution in [2.45, 2.75) is 20.4 Å². The summed E-state index contributed by atoms with van der Waals surface area (Å²) in [6, 6.07) is 14.9. The third kappa shape index (κ3) is 3.91. The minimum atomic E-state index is -0.0552. The van der Waals surface area contributed by atoms with Crippen molar-refractivity contribution in [3.8, 4) is 17.1 Å². The Kier molecular flexibility index (Phi) is 5.31. The number of aryl methyl sites for hydroxylation is 1. The fourth-order valence-electron chi connectivity index (χ4n) is 2.63. The SMILES string of the molecule is CCN(Cc1nc(-c2ccc(OC)cc2)no1)C(=O)c1cccc(C)c1. The average molecular weight is 351 g/mol. The van der Waals surface area contributed by atoms with Crippen molar-refractivity contribution in [1.82, 2.24) is 15.0 Å². The number of nitrogens with zero attached hydrogens (tertiary/aromatic N) is 3. The minimum Gasteiger partial charge on any atom is -0.497 e. The van der Waals surface area contributed by atoms with Crippen LogP contribution in [-0.4, -0.2) is 34.6 Å². The predicted molar refractivity (Wildman–Crippen MR) is 97.9 cm³/mol. The Morgan fingerprint density at radius 2 is 1.96 bits per heavy atom. The maximum absolute atomic E-state index is 12.7. The average Bonchev–Trinajstić information content (AvgIpc) is 3.14. The Morgan fingerprint density at radius 3 is 2.62 bits per heavy atom. The number of aromatic nitrogens is 2. The van der Waals surface area contributed by atoms with Gasteiger partial charge >= 0.3 is 0 Å². The number of hydrogen-bond acceptors (Lipinski definition) is 5. The van der Waals surface area contributed by atoms with Crippen molar-refractivity contribution < 1.29 is 14.1 Å². The van der Waals surface area contributed by atoms with Crippen LogP contribution < -0.4 is 4.74 Å². The van der Waals surface area contributed by atoms with Gasteiger partial charge in [0.15, 0.2) is 0 Å². The Bertz CT molecular complexity index is 887. The summed E-state index contributed by atoms with van der Waals surface area (Å²) in [5.41, 5.74) is 2.53. The zero-order valence-corrected chi connectivity index (χ0v) is 15.1. The number of carbonyl (C=O) groups excluding carboxylic acids is 1. The van der Waals surface area contributed by atoms with E-state index in [4.69, 9.17) is 9.26 Å². The Hall–Kier alpha value is -3.15. The minimum absolute atomic E-state index is 0.0552. The van der Waals surface area contributed by atoms with Gasteiger partial charge in [-0.2, -0.15) is 4.98 Å². The van der Waals surface area contributed by atoms with Crippen LogP contribution in [0.1, 0.15) is 28.7 Å². The third-order valence-electron chi connectivity index (χ3n) is 4.08. The fourth-order valence-corrected chi connectivity index (χ4v) is 2.63. The van der Waals surface area contributed by atoms with Crippen molar-refractivity contribution in [3.63, 3.8) is 0 Å². The van der Waals surface area contributed by atoms with Crippen LogP contribution >= 0.6 is 0 Å². The standard InChI is InChI=1S/C20H21N3O3/c1-4-23(20(24)16-7-5-6-14(2)12-16)13-18-21-19(22-26-18)15-8-10-17(25-3)11-9-15/h5-12H,4,13H2,1-3H3. The molecule has 0 saturated heterocycles. The summed E-state index contributed by atoms with van der Waals surface area (Å²) in [6.07, 6.45) is 0. The van der Waals surface area contributed by atoms with Gasteiger partial charge in [0, 0.05) is 17.7 Å². The molecule has 0 saturated carbocycles. The number of ether oxygens (including phenoxy) is 1. The second-order valence-electron chi connectivity index (χ2n) is 5.93. The molecule has 0 unspecified atom stereocenters. The van der Waals surface area contributed by atoms with E-state index in [1.54, 1.807) is 12.0 Å². The number of hydrogen-bond donors (Lipinski definition) is 0. The smallest absolute Gasteiger partial charge is 0.254 e. The van der Waals surface area contributed by atoms with Crippen LogP contribution in [0.4, 0.5) is 0 Å². The molecule has 1 heterocycles. The van der Waals surface area contributed by atoms with E-state index in [0.29, 0.717) is 23.8 Å². The summed E-state index contributed by atoms with van der Waals surface area (Å²) < 4.78 is 10.5. The normalized spacial score (nSPS) is 10.6. The molecule has 0 atom stereocenters. The van der Waals surface area contributed by atoms with E-state index in [1.165, 1.54) is 0 Å². The first-order valence-corrected chi connectivity index (χ1v) is 8.43. The molecule has 3 rings (SSSR count). The van der Waals surface area contributed by atoms with E-state index in [-0.39, 0.29) is 12.5 Å². The lowest BCUT2D eigenvalue weighted by molar-refractivity contribution is 0.0734. The van der Waals surface area contributed by atoms with Gasteiger partial charge in [-0.3, -0.25) is 4.79 Å². The molecular formula is C20H21N3O3. The summed E-state index contributed by atoms with van der Waals surface area (Å²) >= 11 is 0. The highest BCUT2D eigenvalue weighted by atomic mass is 16.5. The Balaban J connectivity index is 1.74. The second kappa shape index (κ2) is 7.82. The molecule has 0 bridgehead atoms. The van der Waals surface area contributed by atoms with E-state index in [9.17, 15) is 4.79 Å². The first-order chi connectivity index (χ1) is 12.6. The van der Waals surface area contributed by atoms with Gasteiger partial charge in [0.1, 0.15) is 12.3 Å². The molecular weight excluding hydrogens is 330 g/mol. The maximum Gasteiger partial charge on any atom is 0.254 e. The van der Waals surface area contributed by atoms with Gasteiger partial charge in [-0.05, 0) is 50.2 Å². The molecule has 0 aliphatic rings. The monoisotopic (exact) mass is 351 g/mol. The predicted octanol–water partition coefficient (Wildman–Crippen LogP) is 3.72. The summed E-state index contributed by atoms with van der Waals surface area (Å²) in [7, 11) is 1.62. The molecule has 1 amide bonds. The first kappa shape index (κ1) is 17.7. The molecule has 0 spiro atoms. The number of carbonyl (C=O) groups is 1. The zero-order chi connectivity index (χ0) is 18.5. The van der Waals surface area contributed by atoms with Crippen LogP contribution in [0.5, 0.6) is 5.75 Å². The number of methoxy groups -OCH3 is 1. The molecule has 26 heavy (non-hydrogen) atoms. The molecule has 1 aromatic heterocycles. The van der Waals surface area contributed by atoms with Gasteiger partial charge in [0.25, 0.3) is 5.91 Å². The van der Waals surface area contributed by atoms with Crippen molar-refractivity contribution in [3.05, 3.63) is 65.5 Å². The highest BCUT2D eigenvalue weighted by Crippen LogP contribution is 2.20. The van der Waals surface area contributed by atoms with Crippen LogP contribution in [-0.2, 0) is 6.54 Å². The lowest BCUT2D eigenvalue weighted by Crippen LogP contribution is -2.30. The van der Waals surface area contributed by atoms with Crippen molar-refractivity contribution in [1.29, 1.82) is 0 Å². The Morgan fingerprint density at radius 1 is 1.19 bits per heavy atom. The lowest BCUT2D eigenvalue weighted by atomic mass is 10.1. The third-order valence-corrected chi connectivity index (χ3v) is 4.08. The fraction of sp³-hybridized carbons (Fsp3) is 0.250. The molecule has 0 aliphatic carbocycles. The molecule has 0 N–H and O–H groups in total. The van der Waals surface area contributed by atoms with E-state index in [2.05, 4.69) is 10.1 Å². The van der Waals surface area contributed by atoms with Crippen LogP contribution in [0.25, 0.3) is 11.4 Å². The van der Waals surface area contributed by atoms with Crippen molar-refractivity contribution >= 4 is 5.91 Å². The summed E-state index contributed by atoms with van der Waals surface area (Å²) in [5.74, 6) is 1.60. The molecule has 0 radical (unpaired) electrons.